The average molecular weight is 257 g/mol. The third-order valence-electron chi connectivity index (χ3n) is 3.97. The Morgan fingerprint density at radius 2 is 2.16 bits per heavy atom. The fraction of sp³-hybridized carbons (Fsp3) is 0.562. The Bertz CT molecular complexity index is 433. The van der Waals surface area contributed by atoms with Crippen molar-refractivity contribution in [3.8, 4) is 6.07 Å². The molecule has 3 nitrogen and oxygen atoms in total. The number of nitrogens with zero attached hydrogens (tertiary/aromatic N) is 2. The van der Waals surface area contributed by atoms with Crippen LogP contribution < -0.4 is 5.73 Å². The molecule has 0 aliphatic carbocycles. The predicted molar refractivity (Wildman–Crippen MR) is 77.7 cm³/mol. The first kappa shape index (κ1) is 14.0. The number of nitrogens with two attached hydrogens (primary N) is 1. The molecule has 0 bridgehead atoms. The molecule has 0 amide bonds. The van der Waals surface area contributed by atoms with Crippen LogP contribution in [0.4, 0.5) is 0 Å². The van der Waals surface area contributed by atoms with Crippen LogP contribution in [0.5, 0.6) is 0 Å². The number of hydrogen-bond acceptors (Lipinski definition) is 3. The Balaban J connectivity index is 1.76. The van der Waals surface area contributed by atoms with Crippen molar-refractivity contribution in [3.05, 3.63) is 35.9 Å². The molecule has 2 atom stereocenters. The standard InChI is InChI=1S/C16H23N3/c1-16(18,13-17)9-5-10-19-11-8-15(12-19)14-6-3-2-4-7-14/h2-4,6-7,15H,5,8-12,18H2,1H3. The molecule has 19 heavy (non-hydrogen) atoms. The van der Waals surface area contributed by atoms with E-state index in [1.165, 1.54) is 12.0 Å². The van der Waals surface area contributed by atoms with Crippen LogP contribution in [0.25, 0.3) is 0 Å². The number of hydrogen-bond donors (Lipinski definition) is 1. The molecule has 1 aromatic rings. The van der Waals surface area contributed by atoms with Gasteiger partial charge in [0.05, 0.1) is 6.07 Å². The smallest absolute Gasteiger partial charge is 0.101 e. The molecule has 1 aliphatic rings. The first-order valence-electron chi connectivity index (χ1n) is 7.08. The fourth-order valence-electron chi connectivity index (χ4n) is 2.76. The van der Waals surface area contributed by atoms with Gasteiger partial charge in [0.25, 0.3) is 0 Å². The van der Waals surface area contributed by atoms with Gasteiger partial charge in [0.1, 0.15) is 5.54 Å². The van der Waals surface area contributed by atoms with Crippen molar-refractivity contribution in [2.45, 2.75) is 37.6 Å². The highest BCUT2D eigenvalue weighted by molar-refractivity contribution is 5.20. The summed E-state index contributed by atoms with van der Waals surface area (Å²) in [6.07, 6.45) is 3.01. The van der Waals surface area contributed by atoms with Crippen LogP contribution in [-0.4, -0.2) is 30.1 Å². The van der Waals surface area contributed by atoms with Crippen molar-refractivity contribution in [1.82, 2.24) is 4.90 Å². The molecule has 102 valence electrons. The highest BCUT2D eigenvalue weighted by atomic mass is 15.1. The molecule has 0 spiro atoms. The maximum absolute atomic E-state index is 8.89. The summed E-state index contributed by atoms with van der Waals surface area (Å²) in [7, 11) is 0. The van der Waals surface area contributed by atoms with Crippen LogP contribution in [-0.2, 0) is 0 Å². The van der Waals surface area contributed by atoms with Gasteiger partial charge in [-0.15, -0.1) is 0 Å². The average Bonchev–Trinajstić information content (AvgIpc) is 2.88. The molecule has 2 N–H and O–H groups in total. The van der Waals surface area contributed by atoms with Gasteiger partial charge in [0.15, 0.2) is 0 Å². The molecule has 1 heterocycles. The second-order valence-electron chi connectivity index (χ2n) is 5.83. The SMILES string of the molecule is CC(N)(C#N)CCCN1CCC(c2ccccc2)C1. The second-order valence-corrected chi connectivity index (χ2v) is 5.83. The fourth-order valence-corrected chi connectivity index (χ4v) is 2.76. The Hall–Kier alpha value is -1.37. The van der Waals surface area contributed by atoms with E-state index >= 15 is 0 Å². The van der Waals surface area contributed by atoms with Gasteiger partial charge in [-0.3, -0.25) is 0 Å². The third-order valence-corrected chi connectivity index (χ3v) is 3.97. The molecule has 0 radical (unpaired) electrons. The largest absolute Gasteiger partial charge is 0.314 e. The summed E-state index contributed by atoms with van der Waals surface area (Å²) >= 11 is 0. The van der Waals surface area contributed by atoms with Crippen LogP contribution in [0.3, 0.4) is 0 Å². The Morgan fingerprint density at radius 1 is 1.42 bits per heavy atom. The number of nitriles is 1. The lowest BCUT2D eigenvalue weighted by molar-refractivity contribution is 0.315. The summed E-state index contributed by atoms with van der Waals surface area (Å²) < 4.78 is 0. The topological polar surface area (TPSA) is 53.1 Å². The molecule has 0 aromatic heterocycles. The van der Waals surface area contributed by atoms with E-state index in [4.69, 9.17) is 11.0 Å². The normalized spacial score (nSPS) is 22.9. The highest BCUT2D eigenvalue weighted by Crippen LogP contribution is 2.27. The lowest BCUT2D eigenvalue weighted by Crippen LogP contribution is -2.35. The lowest BCUT2D eigenvalue weighted by atomic mass is 9.98. The first-order valence-corrected chi connectivity index (χ1v) is 7.08. The summed E-state index contributed by atoms with van der Waals surface area (Å²) in [5.74, 6) is 0.668. The van der Waals surface area contributed by atoms with E-state index in [-0.39, 0.29) is 0 Å². The predicted octanol–water partition coefficient (Wildman–Crippen LogP) is 2.50. The van der Waals surface area contributed by atoms with E-state index < -0.39 is 5.54 Å². The molecular weight excluding hydrogens is 234 g/mol. The van der Waals surface area contributed by atoms with Crippen molar-refractivity contribution in [2.24, 2.45) is 5.73 Å². The molecule has 1 aromatic carbocycles. The molecule has 0 saturated carbocycles. The van der Waals surface area contributed by atoms with Crippen molar-refractivity contribution in [3.63, 3.8) is 0 Å². The van der Waals surface area contributed by atoms with E-state index in [1.807, 2.05) is 6.92 Å². The minimum absolute atomic E-state index is 0.668. The van der Waals surface area contributed by atoms with E-state index in [2.05, 4.69) is 41.3 Å². The Morgan fingerprint density at radius 3 is 2.84 bits per heavy atom. The minimum Gasteiger partial charge on any atom is -0.314 e. The van der Waals surface area contributed by atoms with Crippen molar-refractivity contribution in [1.29, 1.82) is 5.26 Å². The molecule has 3 heteroatoms. The summed E-state index contributed by atoms with van der Waals surface area (Å²) in [6, 6.07) is 12.9. The van der Waals surface area contributed by atoms with E-state index in [0.29, 0.717) is 5.92 Å². The van der Waals surface area contributed by atoms with E-state index in [9.17, 15) is 0 Å². The van der Waals surface area contributed by atoms with Crippen LogP contribution in [0.2, 0.25) is 0 Å². The summed E-state index contributed by atoms with van der Waals surface area (Å²) in [5, 5.41) is 8.89. The number of rotatable bonds is 5. The van der Waals surface area contributed by atoms with Crippen LogP contribution in [0, 0.1) is 11.3 Å². The Labute approximate surface area is 116 Å². The van der Waals surface area contributed by atoms with Gasteiger partial charge >= 0.3 is 0 Å². The van der Waals surface area contributed by atoms with Crippen LogP contribution >= 0.6 is 0 Å². The third kappa shape index (κ3) is 4.05. The van der Waals surface area contributed by atoms with E-state index in [1.54, 1.807) is 0 Å². The van der Waals surface area contributed by atoms with Gasteiger partial charge in [-0.1, -0.05) is 30.3 Å². The van der Waals surface area contributed by atoms with Crippen LogP contribution in [0.15, 0.2) is 30.3 Å². The molecular formula is C16H23N3. The zero-order valence-electron chi connectivity index (χ0n) is 11.7. The maximum Gasteiger partial charge on any atom is 0.101 e. The Kier molecular flexibility index (Phi) is 4.57. The van der Waals surface area contributed by atoms with Gasteiger partial charge in [0, 0.05) is 6.54 Å². The van der Waals surface area contributed by atoms with Gasteiger partial charge in [0.2, 0.25) is 0 Å². The molecule has 2 rings (SSSR count). The second kappa shape index (κ2) is 6.18. The summed E-state index contributed by atoms with van der Waals surface area (Å²) in [4.78, 5) is 2.49. The van der Waals surface area contributed by atoms with Gasteiger partial charge in [-0.25, -0.2) is 0 Å². The summed E-state index contributed by atoms with van der Waals surface area (Å²) in [5.41, 5.74) is 6.62. The number of benzene rings is 1. The quantitative estimate of drug-likeness (QED) is 0.881. The first-order chi connectivity index (χ1) is 9.11. The maximum atomic E-state index is 8.89. The zero-order chi connectivity index (χ0) is 13.7. The van der Waals surface area contributed by atoms with Gasteiger partial charge in [-0.2, -0.15) is 5.26 Å². The van der Waals surface area contributed by atoms with E-state index in [0.717, 1.165) is 32.5 Å². The highest BCUT2D eigenvalue weighted by Gasteiger charge is 2.24. The van der Waals surface area contributed by atoms with Crippen LogP contribution in [0.1, 0.15) is 37.7 Å². The zero-order valence-corrected chi connectivity index (χ0v) is 11.7. The minimum atomic E-state index is -0.668. The van der Waals surface area contributed by atoms with Gasteiger partial charge in [-0.05, 0) is 50.8 Å². The van der Waals surface area contributed by atoms with Crippen molar-refractivity contribution in [2.75, 3.05) is 19.6 Å². The number of likely N-dealkylation sites (tertiary alicyclic amines) is 1. The van der Waals surface area contributed by atoms with Crippen molar-refractivity contribution < 1.29 is 0 Å². The molecule has 2 unspecified atom stereocenters. The molecule has 1 saturated heterocycles. The molecule has 1 aliphatic heterocycles. The monoisotopic (exact) mass is 257 g/mol. The lowest BCUT2D eigenvalue weighted by Gasteiger charge is -2.19. The molecule has 1 fully saturated rings. The van der Waals surface area contributed by atoms with Gasteiger partial charge < -0.3 is 10.6 Å². The van der Waals surface area contributed by atoms with Crippen molar-refractivity contribution >= 4 is 0 Å². The summed E-state index contributed by atoms with van der Waals surface area (Å²) in [6.45, 7) is 5.16.